The number of pyridine rings is 1. The van der Waals surface area contributed by atoms with E-state index in [1.54, 1.807) is 26.0 Å². The van der Waals surface area contributed by atoms with E-state index in [-0.39, 0.29) is 11.9 Å². The monoisotopic (exact) mass is 377 g/mol. The number of hydrogen-bond acceptors (Lipinski definition) is 7. The molecule has 0 amide bonds. The van der Waals surface area contributed by atoms with Gasteiger partial charge in [0.2, 0.25) is 0 Å². The first-order chi connectivity index (χ1) is 12.7. The first kappa shape index (κ1) is 20.8. The van der Waals surface area contributed by atoms with E-state index < -0.39 is 16.3 Å². The predicted octanol–water partition coefficient (Wildman–Crippen LogP) is 3.00. The first-order valence-corrected chi connectivity index (χ1v) is 8.91. The summed E-state index contributed by atoms with van der Waals surface area (Å²) in [6.07, 6.45) is 1.56. The average molecular weight is 377 g/mol. The summed E-state index contributed by atoms with van der Waals surface area (Å²) in [7, 11) is 1.28. The molecule has 1 saturated heterocycles. The van der Waals surface area contributed by atoms with Crippen LogP contribution in [0.1, 0.15) is 39.3 Å². The molecule has 8 nitrogen and oxygen atoms in total. The maximum absolute atomic E-state index is 12.1. The zero-order chi connectivity index (χ0) is 20.2. The number of esters is 1. The zero-order valence-electron chi connectivity index (χ0n) is 16.4. The van der Waals surface area contributed by atoms with Crippen molar-refractivity contribution in [3.63, 3.8) is 0 Å². The van der Waals surface area contributed by atoms with E-state index in [0.29, 0.717) is 31.1 Å². The highest BCUT2D eigenvalue weighted by Gasteiger charge is 2.38. The Kier molecular flexibility index (Phi) is 6.54. The summed E-state index contributed by atoms with van der Waals surface area (Å²) < 4.78 is 10.2. The molecule has 0 aromatic carbocycles. The molecule has 0 unspecified atom stereocenters. The molecule has 1 aliphatic heterocycles. The van der Waals surface area contributed by atoms with Gasteiger partial charge in [0.05, 0.1) is 7.11 Å². The molecule has 1 fully saturated rings. The summed E-state index contributed by atoms with van der Waals surface area (Å²) in [5.41, 5.74) is 0.539. The fourth-order valence-corrected chi connectivity index (χ4v) is 3.21. The number of carbonyl (C=O) groups excluding carboxylic acids is 1. The van der Waals surface area contributed by atoms with Crippen molar-refractivity contribution in [2.24, 2.45) is 0 Å². The van der Waals surface area contributed by atoms with E-state index >= 15 is 0 Å². The minimum Gasteiger partial charge on any atom is -0.468 e. The van der Waals surface area contributed by atoms with Crippen LogP contribution in [0.25, 0.3) is 0 Å². The van der Waals surface area contributed by atoms with E-state index in [1.807, 2.05) is 11.8 Å². The Morgan fingerprint density at radius 1 is 1.44 bits per heavy atom. The van der Waals surface area contributed by atoms with Gasteiger partial charge in [-0.25, -0.2) is 0 Å². The number of rotatable bonds is 7. The molecule has 0 aliphatic carbocycles. The highest BCUT2D eigenvalue weighted by Crippen LogP contribution is 2.34. The number of aromatic nitrogens is 1. The Hall–Kier alpha value is -2.48. The number of methoxy groups -OCH3 is 1. The van der Waals surface area contributed by atoms with Gasteiger partial charge in [0.25, 0.3) is 0 Å². The lowest BCUT2D eigenvalue weighted by Crippen LogP contribution is -2.41. The topological polar surface area (TPSA) is 94.8 Å². The Morgan fingerprint density at radius 2 is 2.07 bits per heavy atom. The highest BCUT2D eigenvalue weighted by molar-refractivity contribution is 5.82. The van der Waals surface area contributed by atoms with Crippen LogP contribution in [0, 0.1) is 10.1 Å². The lowest BCUT2D eigenvalue weighted by atomic mass is 9.88. The van der Waals surface area contributed by atoms with Crippen LogP contribution in [0.4, 0.5) is 11.5 Å². The minimum absolute atomic E-state index is 0.107. The minimum atomic E-state index is -1.09. The number of hydrogen-bond donors (Lipinski definition) is 0. The van der Waals surface area contributed by atoms with Gasteiger partial charge in [0.1, 0.15) is 11.1 Å². The van der Waals surface area contributed by atoms with E-state index in [1.165, 1.54) is 7.11 Å². The van der Waals surface area contributed by atoms with Gasteiger partial charge < -0.3 is 24.5 Å². The lowest BCUT2D eigenvalue weighted by Gasteiger charge is -2.35. The predicted molar refractivity (Wildman–Crippen MR) is 102 cm³/mol. The van der Waals surface area contributed by atoms with Crippen LogP contribution in [0.2, 0.25) is 0 Å². The maximum atomic E-state index is 12.1. The van der Waals surface area contributed by atoms with Gasteiger partial charge in [-0.1, -0.05) is 12.2 Å². The average Bonchev–Trinajstić information content (AvgIpc) is 2.65. The second-order valence-corrected chi connectivity index (χ2v) is 7.34. The van der Waals surface area contributed by atoms with Crippen LogP contribution in [0.3, 0.4) is 0 Å². The summed E-state index contributed by atoms with van der Waals surface area (Å²) in [6.45, 7) is 10.8. The standard InChI is InChI=1S/C19H27N3O5/c1-13(2)12-21(14-8-10-27-11-9-14)15-6-7-16(20-17(15)22(24)25)19(3,4)18(23)26-5/h6-7,14H,1,8-12H2,2-5H3. The number of nitrogens with zero attached hydrogens (tertiary/aromatic N) is 3. The number of ether oxygens (including phenoxy) is 2. The van der Waals surface area contributed by atoms with Crippen LogP contribution in [0.5, 0.6) is 0 Å². The fourth-order valence-electron chi connectivity index (χ4n) is 3.21. The van der Waals surface area contributed by atoms with E-state index in [4.69, 9.17) is 9.47 Å². The fraction of sp³-hybridized carbons (Fsp3) is 0.579. The molecule has 0 radical (unpaired) electrons. The smallest absolute Gasteiger partial charge is 0.387 e. The number of nitro groups is 1. The quantitative estimate of drug-likeness (QED) is 0.312. The molecular formula is C19H27N3O5. The van der Waals surface area contributed by atoms with Crippen molar-refractivity contribution in [3.05, 3.63) is 40.1 Å². The van der Waals surface area contributed by atoms with Gasteiger partial charge in [-0.2, -0.15) is 0 Å². The van der Waals surface area contributed by atoms with E-state index in [0.717, 1.165) is 18.4 Å². The molecule has 0 saturated carbocycles. The summed E-state index contributed by atoms with van der Waals surface area (Å²) in [6, 6.07) is 3.43. The molecule has 0 N–H and O–H groups in total. The molecule has 2 heterocycles. The molecule has 1 aromatic rings. The van der Waals surface area contributed by atoms with Gasteiger partial charge in [0, 0.05) is 25.8 Å². The Balaban J connectivity index is 2.51. The highest BCUT2D eigenvalue weighted by atomic mass is 16.6. The van der Waals surface area contributed by atoms with Crippen LogP contribution in [-0.2, 0) is 19.7 Å². The third-order valence-corrected chi connectivity index (χ3v) is 4.74. The summed E-state index contributed by atoms with van der Waals surface area (Å²) in [4.78, 5) is 29.5. The third kappa shape index (κ3) is 4.63. The van der Waals surface area contributed by atoms with Crippen molar-refractivity contribution in [2.45, 2.75) is 45.1 Å². The van der Waals surface area contributed by atoms with Gasteiger partial charge in [-0.15, -0.1) is 0 Å². The van der Waals surface area contributed by atoms with Gasteiger partial charge in [-0.3, -0.25) is 4.79 Å². The van der Waals surface area contributed by atoms with Crippen molar-refractivity contribution < 1.29 is 19.2 Å². The summed E-state index contributed by atoms with van der Waals surface area (Å²) in [5, 5.41) is 11.8. The van der Waals surface area contributed by atoms with Gasteiger partial charge >= 0.3 is 11.8 Å². The molecule has 0 atom stereocenters. The van der Waals surface area contributed by atoms with E-state index in [2.05, 4.69) is 11.6 Å². The van der Waals surface area contributed by atoms with Crippen LogP contribution < -0.4 is 4.90 Å². The van der Waals surface area contributed by atoms with E-state index in [9.17, 15) is 14.9 Å². The van der Waals surface area contributed by atoms with Crippen molar-refractivity contribution >= 4 is 17.5 Å². The van der Waals surface area contributed by atoms with Gasteiger partial charge in [-0.05, 0) is 55.7 Å². The molecule has 8 heteroatoms. The zero-order valence-corrected chi connectivity index (χ0v) is 16.4. The Morgan fingerprint density at radius 3 is 2.59 bits per heavy atom. The second-order valence-electron chi connectivity index (χ2n) is 7.34. The van der Waals surface area contributed by atoms with Crippen LogP contribution in [-0.4, -0.2) is 48.8 Å². The number of anilines is 1. The van der Waals surface area contributed by atoms with Crippen molar-refractivity contribution in [1.29, 1.82) is 0 Å². The van der Waals surface area contributed by atoms with Crippen molar-refractivity contribution in [3.8, 4) is 0 Å². The third-order valence-electron chi connectivity index (χ3n) is 4.74. The lowest BCUT2D eigenvalue weighted by molar-refractivity contribution is -0.388. The number of carbonyl (C=O) groups is 1. The molecule has 1 aliphatic rings. The maximum Gasteiger partial charge on any atom is 0.387 e. The molecular weight excluding hydrogens is 350 g/mol. The largest absolute Gasteiger partial charge is 0.468 e. The molecule has 0 spiro atoms. The van der Waals surface area contributed by atoms with Crippen LogP contribution in [0.15, 0.2) is 24.3 Å². The normalized spacial score (nSPS) is 15.3. The molecule has 2 rings (SSSR count). The Labute approximate surface area is 159 Å². The van der Waals surface area contributed by atoms with Crippen molar-refractivity contribution in [1.82, 2.24) is 4.98 Å². The summed E-state index contributed by atoms with van der Waals surface area (Å²) >= 11 is 0. The van der Waals surface area contributed by atoms with Gasteiger partial charge in [0.15, 0.2) is 5.69 Å². The SMILES string of the molecule is C=C(C)CN(c1ccc(C(C)(C)C(=O)OC)nc1[N+](=O)[O-])C1CCOCC1. The van der Waals surface area contributed by atoms with Crippen molar-refractivity contribution in [2.75, 3.05) is 31.8 Å². The Bertz CT molecular complexity index is 726. The molecule has 27 heavy (non-hydrogen) atoms. The second kappa shape index (κ2) is 8.47. The molecule has 0 bridgehead atoms. The van der Waals surface area contributed by atoms with Crippen LogP contribution >= 0.6 is 0 Å². The first-order valence-electron chi connectivity index (χ1n) is 8.91. The molecule has 1 aromatic heterocycles. The summed E-state index contributed by atoms with van der Waals surface area (Å²) in [5.74, 6) is -0.766. The molecule has 148 valence electrons.